The van der Waals surface area contributed by atoms with E-state index in [1.807, 2.05) is 46.8 Å². The van der Waals surface area contributed by atoms with E-state index in [9.17, 15) is 4.79 Å². The smallest absolute Gasteiger partial charge is 0.233 e. The quantitative estimate of drug-likeness (QED) is 0.543. The van der Waals surface area contributed by atoms with E-state index in [-0.39, 0.29) is 12.5 Å². The zero-order valence-corrected chi connectivity index (χ0v) is 17.9. The number of hydrogen-bond donors (Lipinski definition) is 0. The van der Waals surface area contributed by atoms with Gasteiger partial charge in [-0.15, -0.1) is 10.2 Å². The van der Waals surface area contributed by atoms with Gasteiger partial charge in [0.1, 0.15) is 6.61 Å². The lowest BCUT2D eigenvalue weighted by Gasteiger charge is -2.28. The molecule has 2 aromatic carbocycles. The van der Waals surface area contributed by atoms with E-state index >= 15 is 0 Å². The molecule has 156 valence electrons. The minimum atomic E-state index is 0.115. The van der Waals surface area contributed by atoms with Gasteiger partial charge in [0.15, 0.2) is 22.5 Å². The molecule has 0 bridgehead atoms. The fraction of sp³-hybridized carbons (Fsp3) is 0.318. The maximum atomic E-state index is 12.7. The zero-order chi connectivity index (χ0) is 20.9. The highest BCUT2D eigenvalue weighted by Gasteiger charge is 2.21. The number of ether oxygens (including phenoxy) is 2. The van der Waals surface area contributed by atoms with E-state index in [2.05, 4.69) is 28.4 Å². The highest BCUT2D eigenvalue weighted by atomic mass is 32.2. The van der Waals surface area contributed by atoms with Gasteiger partial charge >= 0.3 is 0 Å². The molecular weight excluding hydrogens is 400 g/mol. The second-order valence-corrected chi connectivity index (χ2v) is 7.96. The van der Waals surface area contributed by atoms with Crippen LogP contribution in [0.15, 0.2) is 53.7 Å². The van der Waals surface area contributed by atoms with E-state index in [4.69, 9.17) is 9.47 Å². The number of methoxy groups -OCH3 is 1. The summed E-state index contributed by atoms with van der Waals surface area (Å²) in [6, 6.07) is 15.8. The average Bonchev–Trinajstić information content (AvgIpc) is 3.15. The van der Waals surface area contributed by atoms with Gasteiger partial charge in [0, 0.05) is 20.1 Å². The Kier molecular flexibility index (Phi) is 6.23. The number of nitrogens with zero attached hydrogens (tertiary/aromatic N) is 4. The van der Waals surface area contributed by atoms with Crippen molar-refractivity contribution < 1.29 is 14.3 Å². The van der Waals surface area contributed by atoms with Crippen LogP contribution in [-0.2, 0) is 31.4 Å². The van der Waals surface area contributed by atoms with Crippen molar-refractivity contribution in [1.82, 2.24) is 19.7 Å². The van der Waals surface area contributed by atoms with Gasteiger partial charge in [0.2, 0.25) is 5.91 Å². The SMILES string of the molecule is COc1ccccc1OCc1nnc(SCC(=O)N2CCc3ccccc3C2)n1C. The first-order valence-electron chi connectivity index (χ1n) is 9.77. The molecule has 0 saturated heterocycles. The molecule has 1 aliphatic heterocycles. The summed E-state index contributed by atoms with van der Waals surface area (Å²) in [5.74, 6) is 2.45. The molecule has 0 radical (unpaired) electrons. The van der Waals surface area contributed by atoms with E-state index in [0.29, 0.717) is 34.8 Å². The predicted octanol–water partition coefficient (Wildman–Crippen LogP) is 3.08. The number of rotatable bonds is 7. The van der Waals surface area contributed by atoms with Crippen molar-refractivity contribution in [3.63, 3.8) is 0 Å². The molecule has 0 spiro atoms. The fourth-order valence-electron chi connectivity index (χ4n) is 3.40. The van der Waals surface area contributed by atoms with Crippen LogP contribution in [0.2, 0.25) is 0 Å². The van der Waals surface area contributed by atoms with Crippen LogP contribution in [0.5, 0.6) is 11.5 Å². The van der Waals surface area contributed by atoms with Crippen molar-refractivity contribution in [2.45, 2.75) is 24.7 Å². The van der Waals surface area contributed by atoms with Crippen molar-refractivity contribution in [3.8, 4) is 11.5 Å². The van der Waals surface area contributed by atoms with E-state index < -0.39 is 0 Å². The summed E-state index contributed by atoms with van der Waals surface area (Å²) in [5.41, 5.74) is 2.57. The van der Waals surface area contributed by atoms with Crippen molar-refractivity contribution in [1.29, 1.82) is 0 Å². The molecule has 0 atom stereocenters. The van der Waals surface area contributed by atoms with Gasteiger partial charge < -0.3 is 18.9 Å². The predicted molar refractivity (Wildman–Crippen MR) is 115 cm³/mol. The minimum Gasteiger partial charge on any atom is -0.493 e. The van der Waals surface area contributed by atoms with Crippen molar-refractivity contribution in [2.75, 3.05) is 19.4 Å². The summed E-state index contributed by atoms with van der Waals surface area (Å²) in [6.45, 7) is 1.70. The lowest BCUT2D eigenvalue weighted by Crippen LogP contribution is -2.37. The van der Waals surface area contributed by atoms with Gasteiger partial charge in [-0.05, 0) is 29.7 Å². The molecule has 0 unspecified atom stereocenters. The molecule has 1 amide bonds. The van der Waals surface area contributed by atoms with Gasteiger partial charge in [0.05, 0.1) is 12.9 Å². The average molecular weight is 425 g/mol. The molecule has 0 fully saturated rings. The largest absolute Gasteiger partial charge is 0.493 e. The van der Waals surface area contributed by atoms with Gasteiger partial charge in [-0.3, -0.25) is 4.79 Å². The van der Waals surface area contributed by atoms with Crippen molar-refractivity contribution in [2.24, 2.45) is 7.05 Å². The highest BCUT2D eigenvalue weighted by molar-refractivity contribution is 7.99. The van der Waals surface area contributed by atoms with Crippen molar-refractivity contribution >= 4 is 17.7 Å². The summed E-state index contributed by atoms with van der Waals surface area (Å²) >= 11 is 1.40. The monoisotopic (exact) mass is 424 g/mol. The first-order valence-corrected chi connectivity index (χ1v) is 10.8. The number of carbonyl (C=O) groups is 1. The normalized spacial score (nSPS) is 13.1. The van der Waals surface area contributed by atoms with Crippen LogP contribution in [0, 0.1) is 0 Å². The Morgan fingerprint density at radius 2 is 1.80 bits per heavy atom. The number of para-hydroxylation sites is 2. The van der Waals surface area contributed by atoms with Crippen LogP contribution < -0.4 is 9.47 Å². The van der Waals surface area contributed by atoms with Gasteiger partial charge in [0.25, 0.3) is 0 Å². The second kappa shape index (κ2) is 9.21. The summed E-state index contributed by atoms with van der Waals surface area (Å²) in [4.78, 5) is 14.6. The lowest BCUT2D eigenvalue weighted by atomic mass is 10.00. The molecule has 1 aromatic heterocycles. The summed E-state index contributed by atoms with van der Waals surface area (Å²) < 4.78 is 13.0. The molecule has 0 aliphatic carbocycles. The molecule has 0 saturated carbocycles. The molecule has 1 aliphatic rings. The maximum absolute atomic E-state index is 12.7. The Bertz CT molecular complexity index is 1040. The first-order chi connectivity index (χ1) is 14.7. The number of thioether (sulfide) groups is 1. The molecule has 30 heavy (non-hydrogen) atoms. The summed E-state index contributed by atoms with van der Waals surface area (Å²) in [6.07, 6.45) is 0.904. The molecule has 2 heterocycles. The highest BCUT2D eigenvalue weighted by Crippen LogP contribution is 2.27. The topological polar surface area (TPSA) is 69.5 Å². The number of benzene rings is 2. The Morgan fingerprint density at radius 3 is 2.60 bits per heavy atom. The molecule has 8 heteroatoms. The third kappa shape index (κ3) is 4.43. The summed E-state index contributed by atoms with van der Waals surface area (Å²) in [5, 5.41) is 9.12. The zero-order valence-electron chi connectivity index (χ0n) is 17.1. The number of carbonyl (C=O) groups excluding carboxylic acids is 1. The Balaban J connectivity index is 1.33. The third-order valence-corrected chi connectivity index (χ3v) is 6.16. The standard InChI is InChI=1S/C22H24N4O3S/c1-25-20(14-29-19-10-6-5-9-18(19)28-2)23-24-22(25)30-15-21(27)26-12-11-16-7-3-4-8-17(16)13-26/h3-10H,11-15H2,1-2H3. The van der Waals surface area contributed by atoms with E-state index in [0.717, 1.165) is 13.0 Å². The van der Waals surface area contributed by atoms with Gasteiger partial charge in [-0.2, -0.15) is 0 Å². The van der Waals surface area contributed by atoms with E-state index in [1.165, 1.54) is 22.9 Å². The Labute approximate surface area is 180 Å². The van der Waals surface area contributed by atoms with Crippen LogP contribution in [0.25, 0.3) is 0 Å². The lowest BCUT2D eigenvalue weighted by molar-refractivity contribution is -0.129. The van der Waals surface area contributed by atoms with Gasteiger partial charge in [-0.25, -0.2) is 0 Å². The van der Waals surface area contributed by atoms with Crippen LogP contribution in [-0.4, -0.2) is 45.0 Å². The van der Waals surface area contributed by atoms with E-state index in [1.54, 1.807) is 7.11 Å². The first kappa shape index (κ1) is 20.3. The number of fused-ring (bicyclic) bond motifs is 1. The van der Waals surface area contributed by atoms with Gasteiger partial charge in [-0.1, -0.05) is 48.2 Å². The molecule has 7 nitrogen and oxygen atoms in total. The second-order valence-electron chi connectivity index (χ2n) is 7.02. The Morgan fingerprint density at radius 1 is 1.07 bits per heavy atom. The molecule has 0 N–H and O–H groups in total. The maximum Gasteiger partial charge on any atom is 0.233 e. The van der Waals surface area contributed by atoms with Crippen LogP contribution in [0.4, 0.5) is 0 Å². The minimum absolute atomic E-state index is 0.115. The van der Waals surface area contributed by atoms with Crippen molar-refractivity contribution in [3.05, 3.63) is 65.5 Å². The molecule has 3 aromatic rings. The third-order valence-electron chi connectivity index (χ3n) is 5.16. The van der Waals surface area contributed by atoms with Crippen LogP contribution in [0.3, 0.4) is 0 Å². The van der Waals surface area contributed by atoms with Crippen LogP contribution >= 0.6 is 11.8 Å². The fourth-order valence-corrected chi connectivity index (χ4v) is 4.24. The number of hydrogen-bond acceptors (Lipinski definition) is 6. The molecular formula is C22H24N4O3S. The Hall–Kier alpha value is -3.00. The number of aromatic nitrogens is 3. The molecule has 4 rings (SSSR count). The number of amides is 1. The summed E-state index contributed by atoms with van der Waals surface area (Å²) in [7, 11) is 3.49. The van der Waals surface area contributed by atoms with Crippen LogP contribution in [0.1, 0.15) is 17.0 Å².